The van der Waals surface area contributed by atoms with Crippen molar-refractivity contribution < 1.29 is 4.79 Å². The lowest BCUT2D eigenvalue weighted by Crippen LogP contribution is -2.16. The summed E-state index contributed by atoms with van der Waals surface area (Å²) in [5.74, 6) is 0.722. The van der Waals surface area contributed by atoms with Crippen LogP contribution in [0.2, 0.25) is 0 Å². The van der Waals surface area contributed by atoms with Crippen LogP contribution in [0.25, 0.3) is 0 Å². The number of hydrogen-bond donors (Lipinski definition) is 0. The lowest BCUT2D eigenvalue weighted by molar-refractivity contribution is 0.0955. The van der Waals surface area contributed by atoms with Gasteiger partial charge in [0, 0.05) is 31.6 Å². The van der Waals surface area contributed by atoms with Crippen LogP contribution in [0.3, 0.4) is 0 Å². The Bertz CT molecular complexity index is 565. The van der Waals surface area contributed by atoms with E-state index in [1.165, 1.54) is 0 Å². The zero-order valence-corrected chi connectivity index (χ0v) is 10.6. The number of rotatable bonds is 2. The lowest BCUT2D eigenvalue weighted by atomic mass is 10.2. The van der Waals surface area contributed by atoms with Crippen LogP contribution in [-0.2, 0) is 13.5 Å². The molecule has 2 aromatic rings. The monoisotopic (exact) mass is 232 g/mol. The normalized spacial score (nSPS) is 10.8. The number of carbonyl (C=O) groups excluding carboxylic acids is 1. The van der Waals surface area contributed by atoms with Crippen molar-refractivity contribution in [1.29, 1.82) is 0 Å². The Kier molecular flexibility index (Phi) is 2.83. The van der Waals surface area contributed by atoms with Gasteiger partial charge in [-0.1, -0.05) is 6.92 Å². The van der Waals surface area contributed by atoms with E-state index >= 15 is 0 Å². The molecule has 0 atom stereocenters. The molecule has 0 fully saturated rings. The smallest absolute Gasteiger partial charge is 0.267 e. The van der Waals surface area contributed by atoms with Crippen molar-refractivity contribution in [2.75, 3.05) is 0 Å². The largest absolute Gasteiger partial charge is 0.272 e. The third-order valence-corrected chi connectivity index (χ3v) is 2.98. The maximum atomic E-state index is 12.4. The van der Waals surface area contributed by atoms with Crippen LogP contribution in [0, 0.1) is 13.8 Å². The van der Waals surface area contributed by atoms with Crippen LogP contribution in [0.1, 0.15) is 34.5 Å². The topological polar surface area (TPSA) is 52.7 Å². The minimum Gasteiger partial charge on any atom is -0.272 e. The molecule has 2 heterocycles. The van der Waals surface area contributed by atoms with Crippen molar-refractivity contribution in [3.63, 3.8) is 0 Å². The molecule has 0 bridgehead atoms. The van der Waals surface area contributed by atoms with Gasteiger partial charge in [-0.05, 0) is 13.8 Å². The van der Waals surface area contributed by atoms with E-state index in [2.05, 4.69) is 10.1 Å². The van der Waals surface area contributed by atoms with Crippen molar-refractivity contribution in [1.82, 2.24) is 19.3 Å². The van der Waals surface area contributed by atoms with Crippen LogP contribution >= 0.6 is 0 Å². The summed E-state index contributed by atoms with van der Waals surface area (Å²) in [4.78, 5) is 16.6. The molecule has 0 aliphatic rings. The first kappa shape index (κ1) is 11.6. The molecular weight excluding hydrogens is 216 g/mol. The van der Waals surface area contributed by atoms with Crippen molar-refractivity contribution in [2.24, 2.45) is 7.05 Å². The van der Waals surface area contributed by atoms with E-state index in [1.54, 1.807) is 21.6 Å². The van der Waals surface area contributed by atoms with Gasteiger partial charge in [0.05, 0.1) is 11.3 Å². The molecule has 5 nitrogen and oxygen atoms in total. The number of nitrogens with zero attached hydrogens (tertiary/aromatic N) is 4. The molecule has 2 rings (SSSR count). The first-order valence-electron chi connectivity index (χ1n) is 5.63. The Hall–Kier alpha value is -1.91. The summed E-state index contributed by atoms with van der Waals surface area (Å²) >= 11 is 0. The van der Waals surface area contributed by atoms with Crippen LogP contribution in [-0.4, -0.2) is 25.2 Å². The molecule has 17 heavy (non-hydrogen) atoms. The van der Waals surface area contributed by atoms with Gasteiger partial charge in [0.2, 0.25) is 0 Å². The first-order valence-corrected chi connectivity index (χ1v) is 5.63. The number of carbonyl (C=O) groups is 1. The van der Waals surface area contributed by atoms with Crippen LogP contribution in [0.4, 0.5) is 0 Å². The molecule has 90 valence electrons. The molecule has 0 spiro atoms. The highest BCUT2D eigenvalue weighted by Crippen LogP contribution is 2.14. The fourth-order valence-electron chi connectivity index (χ4n) is 1.98. The van der Waals surface area contributed by atoms with E-state index in [0.717, 1.165) is 23.6 Å². The van der Waals surface area contributed by atoms with Crippen LogP contribution < -0.4 is 0 Å². The van der Waals surface area contributed by atoms with Crippen molar-refractivity contribution in [2.45, 2.75) is 27.2 Å². The number of aromatic nitrogens is 4. The highest BCUT2D eigenvalue weighted by Gasteiger charge is 2.20. The molecule has 0 aromatic carbocycles. The summed E-state index contributed by atoms with van der Waals surface area (Å²) in [5.41, 5.74) is 2.30. The standard InChI is InChI=1S/C12H16N4O/c1-5-10-13-6-7-16(10)12(17)11-8(2)14-15(4)9(11)3/h6-7H,5H2,1-4H3. The maximum absolute atomic E-state index is 12.4. The lowest BCUT2D eigenvalue weighted by Gasteiger charge is -2.05. The van der Waals surface area contributed by atoms with E-state index in [0.29, 0.717) is 5.56 Å². The molecule has 0 saturated heterocycles. The van der Waals surface area contributed by atoms with E-state index in [-0.39, 0.29) is 5.91 Å². The summed E-state index contributed by atoms with van der Waals surface area (Å²) in [6.07, 6.45) is 4.09. The van der Waals surface area contributed by atoms with Gasteiger partial charge in [-0.3, -0.25) is 14.0 Å². The van der Waals surface area contributed by atoms with Gasteiger partial charge >= 0.3 is 0 Å². The second-order valence-corrected chi connectivity index (χ2v) is 4.04. The van der Waals surface area contributed by atoms with Gasteiger partial charge in [-0.2, -0.15) is 5.10 Å². The molecule has 0 saturated carbocycles. The number of aryl methyl sites for hydroxylation is 3. The predicted octanol–water partition coefficient (Wildman–Crippen LogP) is 1.48. The van der Waals surface area contributed by atoms with Gasteiger partial charge in [0.25, 0.3) is 5.91 Å². The number of imidazole rings is 1. The van der Waals surface area contributed by atoms with Crippen LogP contribution in [0.5, 0.6) is 0 Å². The third kappa shape index (κ3) is 1.77. The molecule has 2 aromatic heterocycles. The fraction of sp³-hybridized carbons (Fsp3) is 0.417. The minimum absolute atomic E-state index is 0.0533. The average Bonchev–Trinajstić information content (AvgIpc) is 2.84. The molecule has 0 unspecified atom stereocenters. The maximum Gasteiger partial charge on any atom is 0.267 e. The molecule has 0 N–H and O–H groups in total. The van der Waals surface area contributed by atoms with Gasteiger partial charge in [-0.15, -0.1) is 0 Å². The predicted molar refractivity (Wildman–Crippen MR) is 64.0 cm³/mol. The van der Waals surface area contributed by atoms with E-state index < -0.39 is 0 Å². The van der Waals surface area contributed by atoms with Crippen molar-refractivity contribution >= 4 is 5.91 Å². The molecule has 5 heteroatoms. The zero-order valence-electron chi connectivity index (χ0n) is 10.6. The van der Waals surface area contributed by atoms with Crippen LogP contribution in [0.15, 0.2) is 12.4 Å². The SMILES string of the molecule is CCc1nccn1C(=O)c1c(C)nn(C)c1C. The van der Waals surface area contributed by atoms with Crippen molar-refractivity contribution in [3.8, 4) is 0 Å². The van der Waals surface area contributed by atoms with E-state index in [1.807, 2.05) is 27.8 Å². The zero-order chi connectivity index (χ0) is 12.6. The Morgan fingerprint density at radius 3 is 2.65 bits per heavy atom. The van der Waals surface area contributed by atoms with Crippen molar-refractivity contribution in [3.05, 3.63) is 35.2 Å². The molecule has 0 radical (unpaired) electrons. The highest BCUT2D eigenvalue weighted by molar-refractivity contribution is 5.98. The first-order chi connectivity index (χ1) is 8.06. The molecule has 0 aliphatic heterocycles. The third-order valence-electron chi connectivity index (χ3n) is 2.98. The quantitative estimate of drug-likeness (QED) is 0.788. The van der Waals surface area contributed by atoms with Gasteiger partial charge in [0.1, 0.15) is 5.82 Å². The molecule has 0 amide bonds. The van der Waals surface area contributed by atoms with E-state index in [9.17, 15) is 4.79 Å². The average molecular weight is 232 g/mol. The summed E-state index contributed by atoms with van der Waals surface area (Å²) in [6.45, 7) is 5.73. The molecular formula is C12H16N4O. The second kappa shape index (κ2) is 4.16. The highest BCUT2D eigenvalue weighted by atomic mass is 16.2. The van der Waals surface area contributed by atoms with Gasteiger partial charge in [0.15, 0.2) is 0 Å². The summed E-state index contributed by atoms with van der Waals surface area (Å²) in [7, 11) is 1.84. The number of hydrogen-bond acceptors (Lipinski definition) is 3. The Morgan fingerprint density at radius 2 is 2.12 bits per heavy atom. The summed E-state index contributed by atoms with van der Waals surface area (Å²) < 4.78 is 3.32. The summed E-state index contributed by atoms with van der Waals surface area (Å²) in [6, 6.07) is 0. The minimum atomic E-state index is -0.0533. The Balaban J connectivity index is 2.51. The Morgan fingerprint density at radius 1 is 1.41 bits per heavy atom. The van der Waals surface area contributed by atoms with E-state index in [4.69, 9.17) is 0 Å². The Labute approximate surface area is 100 Å². The second-order valence-electron chi connectivity index (χ2n) is 4.04. The van der Waals surface area contributed by atoms with Gasteiger partial charge < -0.3 is 0 Å². The summed E-state index contributed by atoms with van der Waals surface area (Å²) in [5, 5.41) is 4.26. The fourth-order valence-corrected chi connectivity index (χ4v) is 1.98. The van der Waals surface area contributed by atoms with Gasteiger partial charge in [-0.25, -0.2) is 4.98 Å². The molecule has 0 aliphatic carbocycles.